The van der Waals surface area contributed by atoms with E-state index in [0.717, 1.165) is 4.31 Å². The van der Waals surface area contributed by atoms with E-state index >= 15 is 0 Å². The van der Waals surface area contributed by atoms with Crippen LogP contribution in [0.3, 0.4) is 0 Å². The molecule has 0 bridgehead atoms. The monoisotopic (exact) mass is 259 g/mol. The van der Waals surface area contributed by atoms with Gasteiger partial charge in [0.2, 0.25) is 10.0 Å². The number of ether oxygens (including phenoxy) is 1. The number of aliphatic hydroxyl groups excluding tert-OH is 1. The van der Waals surface area contributed by atoms with Gasteiger partial charge < -0.3 is 9.84 Å². The van der Waals surface area contributed by atoms with Crippen LogP contribution in [0.15, 0.2) is 35.2 Å². The normalized spacial score (nSPS) is 13.9. The van der Waals surface area contributed by atoms with E-state index in [4.69, 9.17) is 4.74 Å². The van der Waals surface area contributed by atoms with E-state index in [1.54, 1.807) is 18.2 Å². The van der Waals surface area contributed by atoms with Crippen molar-refractivity contribution in [1.82, 2.24) is 4.31 Å². The fraction of sp³-hybridized carbons (Fsp3) is 0.455. The first-order chi connectivity index (χ1) is 7.98. The average Bonchev–Trinajstić information content (AvgIpc) is 2.30. The Bertz CT molecular complexity index is 432. The maximum absolute atomic E-state index is 12.0. The molecule has 1 rings (SSSR count). The summed E-state index contributed by atoms with van der Waals surface area (Å²) in [6.45, 7) is 0.111. The SMILES string of the molecule is COCC(O)CN(C)S(=O)(=O)c1ccccc1. The molecule has 0 saturated carbocycles. The molecule has 0 amide bonds. The predicted molar refractivity (Wildman–Crippen MR) is 64.1 cm³/mol. The average molecular weight is 259 g/mol. The Morgan fingerprint density at radius 1 is 1.35 bits per heavy atom. The van der Waals surface area contributed by atoms with Gasteiger partial charge in [-0.2, -0.15) is 4.31 Å². The highest BCUT2D eigenvalue weighted by Gasteiger charge is 2.22. The van der Waals surface area contributed by atoms with E-state index in [0.29, 0.717) is 0 Å². The Labute approximate surface area is 102 Å². The van der Waals surface area contributed by atoms with E-state index in [-0.39, 0.29) is 18.0 Å². The number of likely N-dealkylation sites (N-methyl/N-ethyl adjacent to an activating group) is 1. The summed E-state index contributed by atoms with van der Waals surface area (Å²) in [7, 11) is -0.650. The van der Waals surface area contributed by atoms with Crippen molar-refractivity contribution < 1.29 is 18.3 Å². The first kappa shape index (κ1) is 14.1. The van der Waals surface area contributed by atoms with Gasteiger partial charge in [0.25, 0.3) is 0 Å². The highest BCUT2D eigenvalue weighted by molar-refractivity contribution is 7.89. The standard InChI is InChI=1S/C11H17NO4S/c1-12(8-10(13)9-16-2)17(14,15)11-6-4-3-5-7-11/h3-7,10,13H,8-9H2,1-2H3. The number of benzene rings is 1. The van der Waals surface area contributed by atoms with Crippen LogP contribution >= 0.6 is 0 Å². The quantitative estimate of drug-likeness (QED) is 0.798. The van der Waals surface area contributed by atoms with Crippen molar-refractivity contribution in [2.45, 2.75) is 11.0 Å². The zero-order valence-electron chi connectivity index (χ0n) is 9.91. The number of rotatable bonds is 6. The highest BCUT2D eigenvalue weighted by atomic mass is 32.2. The maximum Gasteiger partial charge on any atom is 0.242 e. The number of hydrogen-bond donors (Lipinski definition) is 1. The van der Waals surface area contributed by atoms with Crippen LogP contribution < -0.4 is 0 Å². The van der Waals surface area contributed by atoms with Crippen molar-refractivity contribution in [2.75, 3.05) is 27.3 Å². The van der Waals surface area contributed by atoms with Crippen molar-refractivity contribution in [2.24, 2.45) is 0 Å². The zero-order valence-corrected chi connectivity index (χ0v) is 10.7. The molecule has 0 aliphatic carbocycles. The molecule has 0 fully saturated rings. The molecule has 0 radical (unpaired) electrons. The van der Waals surface area contributed by atoms with Gasteiger partial charge in [-0.15, -0.1) is 0 Å². The second kappa shape index (κ2) is 6.11. The molecule has 0 aromatic heterocycles. The lowest BCUT2D eigenvalue weighted by Gasteiger charge is -2.20. The summed E-state index contributed by atoms with van der Waals surface area (Å²) >= 11 is 0. The lowest BCUT2D eigenvalue weighted by atomic mass is 10.4. The molecule has 96 valence electrons. The summed E-state index contributed by atoms with van der Waals surface area (Å²) in [5, 5.41) is 9.50. The predicted octanol–water partition coefficient (Wildman–Crippen LogP) is 0.314. The number of hydrogen-bond acceptors (Lipinski definition) is 4. The van der Waals surface area contributed by atoms with Gasteiger partial charge in [-0.1, -0.05) is 18.2 Å². The molecule has 1 aromatic rings. The summed E-state index contributed by atoms with van der Waals surface area (Å²) in [4.78, 5) is 0.215. The van der Waals surface area contributed by atoms with Crippen LogP contribution in [0.1, 0.15) is 0 Å². The maximum atomic E-state index is 12.0. The Kier molecular flexibility index (Phi) is 5.07. The van der Waals surface area contributed by atoms with E-state index < -0.39 is 16.1 Å². The van der Waals surface area contributed by atoms with Crippen LogP contribution in [0.4, 0.5) is 0 Å². The molecule has 0 heterocycles. The van der Waals surface area contributed by atoms with Crippen molar-refractivity contribution in [3.8, 4) is 0 Å². The Morgan fingerprint density at radius 2 is 1.94 bits per heavy atom. The Morgan fingerprint density at radius 3 is 2.47 bits per heavy atom. The van der Waals surface area contributed by atoms with E-state index in [9.17, 15) is 13.5 Å². The Hall–Kier alpha value is -0.950. The van der Waals surface area contributed by atoms with Gasteiger partial charge in [0, 0.05) is 20.7 Å². The molecule has 1 unspecified atom stereocenters. The molecule has 0 spiro atoms. The van der Waals surface area contributed by atoms with Crippen LogP contribution in [-0.2, 0) is 14.8 Å². The lowest BCUT2D eigenvalue weighted by molar-refractivity contribution is 0.0554. The molecular formula is C11H17NO4S. The molecule has 1 N–H and O–H groups in total. The minimum absolute atomic E-state index is 0.00503. The fourth-order valence-electron chi connectivity index (χ4n) is 1.41. The molecule has 0 saturated heterocycles. The van der Waals surface area contributed by atoms with Crippen molar-refractivity contribution in [3.63, 3.8) is 0 Å². The first-order valence-corrected chi connectivity index (χ1v) is 6.61. The highest BCUT2D eigenvalue weighted by Crippen LogP contribution is 2.13. The third-order valence-electron chi connectivity index (χ3n) is 2.28. The molecule has 0 aliphatic heterocycles. The van der Waals surface area contributed by atoms with E-state index in [2.05, 4.69) is 0 Å². The zero-order chi connectivity index (χ0) is 12.9. The summed E-state index contributed by atoms with van der Waals surface area (Å²) < 4.78 is 30.0. The number of methoxy groups -OCH3 is 1. The van der Waals surface area contributed by atoms with Crippen molar-refractivity contribution >= 4 is 10.0 Å². The summed E-state index contributed by atoms with van der Waals surface area (Å²) in [5.41, 5.74) is 0. The summed E-state index contributed by atoms with van der Waals surface area (Å²) in [6, 6.07) is 8.11. The molecule has 1 aromatic carbocycles. The number of nitrogens with zero attached hydrogens (tertiary/aromatic N) is 1. The molecule has 0 aliphatic rings. The molecule has 17 heavy (non-hydrogen) atoms. The van der Waals surface area contributed by atoms with E-state index in [1.807, 2.05) is 0 Å². The summed E-state index contributed by atoms with van der Waals surface area (Å²) in [5.74, 6) is 0. The van der Waals surface area contributed by atoms with Crippen LogP contribution in [-0.4, -0.2) is 51.2 Å². The van der Waals surface area contributed by atoms with Gasteiger partial charge in [-0.3, -0.25) is 0 Å². The fourth-order valence-corrected chi connectivity index (χ4v) is 2.64. The van der Waals surface area contributed by atoms with Crippen molar-refractivity contribution in [1.29, 1.82) is 0 Å². The van der Waals surface area contributed by atoms with Gasteiger partial charge in [0.05, 0.1) is 17.6 Å². The lowest BCUT2D eigenvalue weighted by Crippen LogP contribution is -2.36. The third-order valence-corrected chi connectivity index (χ3v) is 4.12. The van der Waals surface area contributed by atoms with Gasteiger partial charge in [0.15, 0.2) is 0 Å². The summed E-state index contributed by atoms with van der Waals surface area (Å²) in [6.07, 6.45) is -0.830. The second-order valence-corrected chi connectivity index (χ2v) is 5.75. The van der Waals surface area contributed by atoms with Crippen LogP contribution in [0.2, 0.25) is 0 Å². The third kappa shape index (κ3) is 3.78. The smallest absolute Gasteiger partial charge is 0.242 e. The van der Waals surface area contributed by atoms with Gasteiger partial charge in [0.1, 0.15) is 0 Å². The van der Waals surface area contributed by atoms with Crippen LogP contribution in [0.5, 0.6) is 0 Å². The molecular weight excluding hydrogens is 242 g/mol. The first-order valence-electron chi connectivity index (χ1n) is 5.17. The van der Waals surface area contributed by atoms with Gasteiger partial charge >= 0.3 is 0 Å². The van der Waals surface area contributed by atoms with Crippen LogP contribution in [0, 0.1) is 0 Å². The van der Waals surface area contributed by atoms with Crippen molar-refractivity contribution in [3.05, 3.63) is 30.3 Å². The van der Waals surface area contributed by atoms with Gasteiger partial charge in [-0.25, -0.2) is 8.42 Å². The molecule has 6 heteroatoms. The van der Waals surface area contributed by atoms with Gasteiger partial charge in [-0.05, 0) is 12.1 Å². The Balaban J connectivity index is 2.78. The molecule has 1 atom stereocenters. The minimum atomic E-state index is -3.53. The number of sulfonamides is 1. The minimum Gasteiger partial charge on any atom is -0.389 e. The second-order valence-electron chi connectivity index (χ2n) is 3.71. The molecule has 5 nitrogen and oxygen atoms in total. The van der Waals surface area contributed by atoms with Crippen LogP contribution in [0.25, 0.3) is 0 Å². The topological polar surface area (TPSA) is 66.8 Å². The van der Waals surface area contributed by atoms with E-state index in [1.165, 1.54) is 26.3 Å². The number of aliphatic hydroxyl groups is 1. The largest absolute Gasteiger partial charge is 0.389 e.